The molecule has 0 spiro atoms. The van der Waals surface area contributed by atoms with E-state index in [4.69, 9.17) is 14.9 Å². The van der Waals surface area contributed by atoms with Gasteiger partial charge in [0.25, 0.3) is 0 Å². The van der Waals surface area contributed by atoms with Gasteiger partial charge in [0.05, 0.1) is 31.0 Å². The number of morpholine rings is 1. The molecule has 1 aromatic heterocycles. The van der Waals surface area contributed by atoms with Gasteiger partial charge in [-0.1, -0.05) is 6.92 Å². The van der Waals surface area contributed by atoms with Crippen LogP contribution in [0.25, 0.3) is 0 Å². The molecule has 0 bridgehead atoms. The van der Waals surface area contributed by atoms with Crippen molar-refractivity contribution < 1.29 is 24.5 Å². The Labute approximate surface area is 134 Å². The summed E-state index contributed by atoms with van der Waals surface area (Å²) in [6, 6.07) is 3.59. The average Bonchev–Trinajstić information content (AvgIpc) is 2.54. The zero-order valence-electron chi connectivity index (χ0n) is 13.0. The Morgan fingerprint density at radius 1 is 1.35 bits per heavy atom. The molecule has 1 aliphatic heterocycles. The van der Waals surface area contributed by atoms with Gasteiger partial charge in [0.15, 0.2) is 0 Å². The summed E-state index contributed by atoms with van der Waals surface area (Å²) in [6.07, 6.45) is 1.59. The van der Waals surface area contributed by atoms with E-state index >= 15 is 0 Å². The molecule has 0 aromatic carbocycles. The number of pyridine rings is 1. The van der Waals surface area contributed by atoms with E-state index in [9.17, 15) is 9.59 Å². The van der Waals surface area contributed by atoms with Crippen molar-refractivity contribution in [2.75, 3.05) is 49.2 Å². The first kappa shape index (κ1) is 17.0. The molecule has 1 fully saturated rings. The highest BCUT2D eigenvalue weighted by atomic mass is 16.5. The van der Waals surface area contributed by atoms with Crippen molar-refractivity contribution in [3.8, 4) is 0 Å². The first-order valence-electron chi connectivity index (χ1n) is 7.45. The van der Waals surface area contributed by atoms with Crippen LogP contribution in [0, 0.1) is 5.92 Å². The first-order valence-corrected chi connectivity index (χ1v) is 7.45. The number of carboxylic acids is 2. The number of anilines is 2. The smallest absolute Gasteiger partial charge is 0.323 e. The Kier molecular flexibility index (Phi) is 5.75. The minimum Gasteiger partial charge on any atom is -0.481 e. The minimum absolute atomic E-state index is 0.111. The number of aromatic nitrogens is 1. The largest absolute Gasteiger partial charge is 0.481 e. The summed E-state index contributed by atoms with van der Waals surface area (Å²) >= 11 is 0. The molecule has 0 radical (unpaired) electrons. The van der Waals surface area contributed by atoms with Crippen molar-refractivity contribution in [1.82, 2.24) is 4.98 Å². The van der Waals surface area contributed by atoms with Gasteiger partial charge in [0.2, 0.25) is 0 Å². The van der Waals surface area contributed by atoms with E-state index in [2.05, 4.69) is 9.88 Å². The van der Waals surface area contributed by atoms with E-state index in [0.717, 1.165) is 18.9 Å². The summed E-state index contributed by atoms with van der Waals surface area (Å²) in [5.41, 5.74) is 0.595. The minimum atomic E-state index is -1.01. The predicted molar refractivity (Wildman–Crippen MR) is 83.9 cm³/mol. The SMILES string of the molecule is CC(CN(CC(=O)O)c1ccc(N2CCOCC2)nc1)C(=O)O. The highest BCUT2D eigenvalue weighted by Gasteiger charge is 2.19. The molecule has 1 atom stereocenters. The van der Waals surface area contributed by atoms with Gasteiger partial charge in [-0.3, -0.25) is 9.59 Å². The molecule has 1 aromatic rings. The van der Waals surface area contributed by atoms with Crippen LogP contribution >= 0.6 is 0 Å². The summed E-state index contributed by atoms with van der Waals surface area (Å²) in [5.74, 6) is -1.84. The molecule has 0 saturated carbocycles. The van der Waals surface area contributed by atoms with Crippen LogP contribution in [-0.2, 0) is 14.3 Å². The molecule has 2 N–H and O–H groups in total. The topological polar surface area (TPSA) is 103 Å². The highest BCUT2D eigenvalue weighted by molar-refractivity contribution is 5.75. The number of carboxylic acid groups (broad SMARTS) is 2. The molecule has 8 heteroatoms. The summed E-state index contributed by atoms with van der Waals surface area (Å²) in [6.45, 7) is 4.24. The third kappa shape index (κ3) is 4.82. The number of rotatable bonds is 7. The van der Waals surface area contributed by atoms with E-state index in [0.29, 0.717) is 18.9 Å². The quantitative estimate of drug-likeness (QED) is 0.749. The monoisotopic (exact) mass is 323 g/mol. The van der Waals surface area contributed by atoms with E-state index in [1.165, 1.54) is 4.90 Å². The lowest BCUT2D eigenvalue weighted by molar-refractivity contribution is -0.141. The van der Waals surface area contributed by atoms with E-state index in [1.54, 1.807) is 19.2 Å². The number of ether oxygens (including phenoxy) is 1. The van der Waals surface area contributed by atoms with Crippen molar-refractivity contribution in [2.24, 2.45) is 5.92 Å². The molecule has 8 nitrogen and oxygen atoms in total. The molecule has 126 valence electrons. The summed E-state index contributed by atoms with van der Waals surface area (Å²) in [4.78, 5) is 30.0. The van der Waals surface area contributed by atoms with Crippen LogP contribution in [-0.4, -0.2) is 66.5 Å². The van der Waals surface area contributed by atoms with Gasteiger partial charge in [-0.25, -0.2) is 4.98 Å². The highest BCUT2D eigenvalue weighted by Crippen LogP contribution is 2.19. The maximum atomic E-state index is 11.0. The summed E-state index contributed by atoms with van der Waals surface area (Å²) in [5, 5.41) is 18.0. The molecule has 2 heterocycles. The average molecular weight is 323 g/mol. The Hall–Kier alpha value is -2.35. The lowest BCUT2D eigenvalue weighted by Crippen LogP contribution is -2.37. The van der Waals surface area contributed by atoms with Crippen molar-refractivity contribution in [3.63, 3.8) is 0 Å². The normalized spacial score (nSPS) is 16.0. The lowest BCUT2D eigenvalue weighted by Gasteiger charge is -2.29. The zero-order valence-corrected chi connectivity index (χ0v) is 13.0. The number of carbonyl (C=O) groups is 2. The van der Waals surface area contributed by atoms with Gasteiger partial charge < -0.3 is 24.7 Å². The fraction of sp³-hybridized carbons (Fsp3) is 0.533. The Bertz CT molecular complexity index is 543. The van der Waals surface area contributed by atoms with Crippen LogP contribution < -0.4 is 9.80 Å². The second-order valence-electron chi connectivity index (χ2n) is 5.49. The van der Waals surface area contributed by atoms with Gasteiger partial charge in [0.1, 0.15) is 12.4 Å². The van der Waals surface area contributed by atoms with Crippen molar-refractivity contribution >= 4 is 23.4 Å². The van der Waals surface area contributed by atoms with Crippen LogP contribution in [0.3, 0.4) is 0 Å². The maximum Gasteiger partial charge on any atom is 0.323 e. The summed E-state index contributed by atoms with van der Waals surface area (Å²) < 4.78 is 5.29. The van der Waals surface area contributed by atoms with Gasteiger partial charge in [-0.2, -0.15) is 0 Å². The molecule has 1 aliphatic rings. The first-order chi connectivity index (χ1) is 11.0. The molecule has 1 saturated heterocycles. The van der Waals surface area contributed by atoms with Crippen LogP contribution in [0.15, 0.2) is 18.3 Å². The molecular formula is C15H21N3O5. The maximum absolute atomic E-state index is 11.0. The molecule has 0 aliphatic carbocycles. The summed E-state index contributed by atoms with van der Waals surface area (Å²) in [7, 11) is 0. The van der Waals surface area contributed by atoms with Crippen molar-refractivity contribution in [1.29, 1.82) is 0 Å². The number of hydrogen-bond donors (Lipinski definition) is 2. The van der Waals surface area contributed by atoms with Gasteiger partial charge in [-0.05, 0) is 12.1 Å². The lowest BCUT2D eigenvalue weighted by atomic mass is 10.1. The molecule has 1 unspecified atom stereocenters. The molecular weight excluding hydrogens is 302 g/mol. The van der Waals surface area contributed by atoms with Crippen molar-refractivity contribution in [2.45, 2.75) is 6.92 Å². The van der Waals surface area contributed by atoms with Crippen LogP contribution in [0.2, 0.25) is 0 Å². The van der Waals surface area contributed by atoms with Gasteiger partial charge in [0, 0.05) is 19.6 Å². The number of aliphatic carboxylic acids is 2. The second kappa shape index (κ2) is 7.77. The fourth-order valence-electron chi connectivity index (χ4n) is 2.38. The molecule has 2 rings (SSSR count). The Morgan fingerprint density at radius 2 is 2.04 bits per heavy atom. The third-order valence-electron chi connectivity index (χ3n) is 3.67. The van der Waals surface area contributed by atoms with Crippen LogP contribution in [0.1, 0.15) is 6.92 Å². The third-order valence-corrected chi connectivity index (χ3v) is 3.67. The predicted octanol–water partition coefficient (Wildman–Crippen LogP) is 0.530. The second-order valence-corrected chi connectivity index (χ2v) is 5.49. The van der Waals surface area contributed by atoms with E-state index in [1.807, 2.05) is 6.07 Å². The fourth-order valence-corrected chi connectivity index (χ4v) is 2.38. The van der Waals surface area contributed by atoms with E-state index < -0.39 is 17.9 Å². The van der Waals surface area contributed by atoms with Crippen molar-refractivity contribution in [3.05, 3.63) is 18.3 Å². The van der Waals surface area contributed by atoms with Crippen LogP contribution in [0.4, 0.5) is 11.5 Å². The van der Waals surface area contributed by atoms with Gasteiger partial charge in [-0.15, -0.1) is 0 Å². The Balaban J connectivity index is 2.11. The Morgan fingerprint density at radius 3 is 2.57 bits per heavy atom. The van der Waals surface area contributed by atoms with Crippen LogP contribution in [0.5, 0.6) is 0 Å². The molecule has 23 heavy (non-hydrogen) atoms. The number of hydrogen-bond acceptors (Lipinski definition) is 6. The zero-order chi connectivity index (χ0) is 16.8. The molecule has 0 amide bonds. The standard InChI is InChI=1S/C15H21N3O5/c1-11(15(21)22)9-18(10-14(19)20)12-2-3-13(16-8-12)17-4-6-23-7-5-17/h2-3,8,11H,4-7,9-10H2,1H3,(H,19,20)(H,21,22). The van der Waals surface area contributed by atoms with Gasteiger partial charge >= 0.3 is 11.9 Å². The van der Waals surface area contributed by atoms with E-state index in [-0.39, 0.29) is 13.1 Å². The number of nitrogens with zero attached hydrogens (tertiary/aromatic N) is 3.